The Bertz CT molecular complexity index is 985. The third-order valence-electron chi connectivity index (χ3n) is 5.42. The molecule has 31 heavy (non-hydrogen) atoms. The Labute approximate surface area is 183 Å². The Kier molecular flexibility index (Phi) is 7.40. The van der Waals surface area contributed by atoms with Crippen molar-refractivity contribution in [3.05, 3.63) is 48.0 Å². The van der Waals surface area contributed by atoms with Crippen molar-refractivity contribution >= 4 is 15.9 Å². The van der Waals surface area contributed by atoms with Gasteiger partial charge in [-0.25, -0.2) is 8.42 Å². The summed E-state index contributed by atoms with van der Waals surface area (Å²) in [7, 11) is 0.959. The van der Waals surface area contributed by atoms with Crippen LogP contribution < -0.4 is 19.5 Å². The van der Waals surface area contributed by atoms with Gasteiger partial charge in [-0.1, -0.05) is 6.07 Å². The number of hydrogen-bond acceptors (Lipinski definition) is 6. The molecule has 1 N–H and O–H groups in total. The van der Waals surface area contributed by atoms with Crippen molar-refractivity contribution in [2.24, 2.45) is 5.92 Å². The molecule has 1 aliphatic heterocycles. The SMILES string of the molecule is COc1ccc(S(=O)(=O)N2CCC[C@H](C(=O)NCc3c(OC)cccc3OC)C2)cc1. The molecule has 2 aromatic rings. The monoisotopic (exact) mass is 448 g/mol. The van der Waals surface area contributed by atoms with Gasteiger partial charge in [0.2, 0.25) is 15.9 Å². The number of amides is 1. The number of methoxy groups -OCH3 is 3. The third-order valence-corrected chi connectivity index (χ3v) is 7.30. The van der Waals surface area contributed by atoms with Gasteiger partial charge in [0.15, 0.2) is 0 Å². The predicted molar refractivity (Wildman–Crippen MR) is 116 cm³/mol. The fourth-order valence-electron chi connectivity index (χ4n) is 3.69. The summed E-state index contributed by atoms with van der Waals surface area (Å²) in [5.41, 5.74) is 0.736. The Hall–Kier alpha value is -2.78. The number of piperidine rings is 1. The summed E-state index contributed by atoms with van der Waals surface area (Å²) in [6.07, 6.45) is 1.25. The molecule has 8 nitrogen and oxygen atoms in total. The Morgan fingerprint density at radius 1 is 1.03 bits per heavy atom. The fraction of sp³-hybridized carbons (Fsp3) is 0.409. The van der Waals surface area contributed by atoms with Gasteiger partial charge in [0.05, 0.1) is 44.3 Å². The van der Waals surface area contributed by atoms with Crippen LogP contribution in [0.15, 0.2) is 47.4 Å². The van der Waals surface area contributed by atoms with Gasteiger partial charge in [-0.3, -0.25) is 4.79 Å². The molecule has 3 rings (SSSR count). The zero-order chi connectivity index (χ0) is 22.4. The first-order chi connectivity index (χ1) is 14.9. The smallest absolute Gasteiger partial charge is 0.243 e. The third kappa shape index (κ3) is 5.11. The molecule has 168 valence electrons. The highest BCUT2D eigenvalue weighted by Gasteiger charge is 2.33. The Morgan fingerprint density at radius 3 is 2.26 bits per heavy atom. The average molecular weight is 449 g/mol. The van der Waals surface area contributed by atoms with Crippen molar-refractivity contribution in [3.8, 4) is 17.2 Å². The quantitative estimate of drug-likeness (QED) is 0.667. The van der Waals surface area contributed by atoms with Crippen molar-refractivity contribution < 1.29 is 27.4 Å². The molecule has 9 heteroatoms. The first-order valence-corrected chi connectivity index (χ1v) is 11.5. The second-order valence-corrected chi connectivity index (χ2v) is 9.17. The van der Waals surface area contributed by atoms with E-state index in [1.54, 1.807) is 38.5 Å². The second kappa shape index (κ2) is 10.0. The lowest BCUT2D eigenvalue weighted by Crippen LogP contribution is -2.45. The minimum Gasteiger partial charge on any atom is -0.497 e. The first kappa shape index (κ1) is 22.9. The normalized spacial score (nSPS) is 17.1. The molecule has 1 atom stereocenters. The second-order valence-electron chi connectivity index (χ2n) is 7.24. The van der Waals surface area contributed by atoms with Crippen LogP contribution in [0.2, 0.25) is 0 Å². The van der Waals surface area contributed by atoms with E-state index in [9.17, 15) is 13.2 Å². The van der Waals surface area contributed by atoms with Crippen molar-refractivity contribution in [1.29, 1.82) is 0 Å². The lowest BCUT2D eigenvalue weighted by Gasteiger charge is -2.31. The lowest BCUT2D eigenvalue weighted by atomic mass is 9.98. The lowest BCUT2D eigenvalue weighted by molar-refractivity contribution is -0.126. The number of carbonyl (C=O) groups excluding carboxylic acids is 1. The van der Waals surface area contributed by atoms with Crippen LogP contribution in [0.1, 0.15) is 18.4 Å². The Morgan fingerprint density at radius 2 is 1.68 bits per heavy atom. The summed E-state index contributed by atoms with van der Waals surface area (Å²) in [4.78, 5) is 13.0. The molecule has 1 saturated heterocycles. The maximum absolute atomic E-state index is 13.0. The molecule has 1 amide bonds. The topological polar surface area (TPSA) is 94.2 Å². The summed E-state index contributed by atoms with van der Waals surface area (Å²) in [6, 6.07) is 11.7. The van der Waals surface area contributed by atoms with E-state index in [2.05, 4.69) is 5.32 Å². The molecule has 0 radical (unpaired) electrons. The fourth-order valence-corrected chi connectivity index (χ4v) is 5.22. The van der Waals surface area contributed by atoms with Crippen LogP contribution in [-0.2, 0) is 21.4 Å². The number of rotatable bonds is 8. The summed E-state index contributed by atoms with van der Waals surface area (Å²) in [5.74, 6) is 1.20. The van der Waals surface area contributed by atoms with Crippen LogP contribution in [0.25, 0.3) is 0 Å². The van der Waals surface area contributed by atoms with E-state index in [0.29, 0.717) is 36.6 Å². The number of carbonyl (C=O) groups is 1. The van der Waals surface area contributed by atoms with E-state index in [1.807, 2.05) is 6.07 Å². The molecule has 0 unspecified atom stereocenters. The van der Waals surface area contributed by atoms with Crippen molar-refractivity contribution in [1.82, 2.24) is 9.62 Å². The van der Waals surface area contributed by atoms with Gasteiger partial charge in [-0.05, 0) is 49.2 Å². The van der Waals surface area contributed by atoms with Crippen molar-refractivity contribution in [2.45, 2.75) is 24.3 Å². The van der Waals surface area contributed by atoms with Gasteiger partial charge in [0, 0.05) is 13.1 Å². The summed E-state index contributed by atoms with van der Waals surface area (Å²) in [6.45, 7) is 0.759. The number of benzene rings is 2. The standard InChI is InChI=1S/C22H28N2O6S/c1-28-17-9-11-18(12-10-17)31(26,27)24-13-5-6-16(15-24)22(25)23-14-19-20(29-2)7-4-8-21(19)30-3/h4,7-12,16H,5-6,13-15H2,1-3H3,(H,23,25)/t16-/m0/s1. The van der Waals surface area contributed by atoms with Gasteiger partial charge >= 0.3 is 0 Å². The van der Waals surface area contributed by atoms with Crippen molar-refractivity contribution in [3.63, 3.8) is 0 Å². The molecule has 1 heterocycles. The van der Waals surface area contributed by atoms with Crippen LogP contribution in [0.5, 0.6) is 17.2 Å². The molecule has 0 aromatic heterocycles. The zero-order valence-electron chi connectivity index (χ0n) is 18.0. The molecular formula is C22H28N2O6S. The van der Waals surface area contributed by atoms with E-state index < -0.39 is 15.9 Å². The zero-order valence-corrected chi connectivity index (χ0v) is 18.8. The first-order valence-electron chi connectivity index (χ1n) is 10.0. The van der Waals surface area contributed by atoms with Crippen LogP contribution in [0.3, 0.4) is 0 Å². The maximum atomic E-state index is 13.0. The molecule has 0 saturated carbocycles. The van der Waals surface area contributed by atoms with Crippen LogP contribution in [0.4, 0.5) is 0 Å². The summed E-state index contributed by atoms with van der Waals surface area (Å²) < 4.78 is 43.2. The molecule has 0 spiro atoms. The average Bonchev–Trinajstić information content (AvgIpc) is 2.82. The number of ether oxygens (including phenoxy) is 3. The number of hydrogen-bond donors (Lipinski definition) is 1. The highest BCUT2D eigenvalue weighted by Crippen LogP contribution is 2.29. The number of sulfonamides is 1. The molecule has 2 aromatic carbocycles. The maximum Gasteiger partial charge on any atom is 0.243 e. The van der Waals surface area contributed by atoms with E-state index in [-0.39, 0.29) is 23.9 Å². The van der Waals surface area contributed by atoms with E-state index in [0.717, 1.165) is 5.56 Å². The summed E-state index contributed by atoms with van der Waals surface area (Å²) >= 11 is 0. The predicted octanol–water partition coefficient (Wildman–Crippen LogP) is 2.43. The van der Waals surface area contributed by atoms with Gasteiger partial charge in [-0.15, -0.1) is 0 Å². The van der Waals surface area contributed by atoms with Gasteiger partial charge in [-0.2, -0.15) is 4.31 Å². The van der Waals surface area contributed by atoms with Crippen molar-refractivity contribution in [2.75, 3.05) is 34.4 Å². The molecule has 0 bridgehead atoms. The van der Waals surface area contributed by atoms with E-state index in [4.69, 9.17) is 14.2 Å². The minimum absolute atomic E-state index is 0.142. The number of nitrogens with zero attached hydrogens (tertiary/aromatic N) is 1. The highest BCUT2D eigenvalue weighted by atomic mass is 32.2. The Balaban J connectivity index is 1.68. The van der Waals surface area contributed by atoms with Gasteiger partial charge in [0.25, 0.3) is 0 Å². The van der Waals surface area contributed by atoms with E-state index in [1.165, 1.54) is 23.5 Å². The van der Waals surface area contributed by atoms with Crippen LogP contribution >= 0.6 is 0 Å². The molecule has 1 fully saturated rings. The van der Waals surface area contributed by atoms with Gasteiger partial charge in [0.1, 0.15) is 17.2 Å². The molecular weight excluding hydrogens is 420 g/mol. The van der Waals surface area contributed by atoms with Crippen LogP contribution in [-0.4, -0.2) is 53.0 Å². The largest absolute Gasteiger partial charge is 0.497 e. The van der Waals surface area contributed by atoms with E-state index >= 15 is 0 Å². The molecule has 1 aliphatic rings. The van der Waals surface area contributed by atoms with Gasteiger partial charge < -0.3 is 19.5 Å². The summed E-state index contributed by atoms with van der Waals surface area (Å²) in [5, 5.41) is 2.91. The molecule has 0 aliphatic carbocycles. The highest BCUT2D eigenvalue weighted by molar-refractivity contribution is 7.89. The van der Waals surface area contributed by atoms with Crippen LogP contribution in [0, 0.1) is 5.92 Å². The minimum atomic E-state index is -3.68. The number of nitrogens with one attached hydrogen (secondary N) is 1.